The Hall–Kier alpha value is -5.01. The van der Waals surface area contributed by atoms with Crippen LogP contribution < -0.4 is 39.2 Å². The van der Waals surface area contributed by atoms with Gasteiger partial charge in [-0.1, -0.05) is 60.3 Å². The van der Waals surface area contributed by atoms with Gasteiger partial charge in [0, 0.05) is 169 Å². The summed E-state index contributed by atoms with van der Waals surface area (Å²) < 4.78 is 0. The van der Waals surface area contributed by atoms with Gasteiger partial charge in [-0.2, -0.15) is 70.2 Å². The first-order chi connectivity index (χ1) is 55.7. The molecule has 5 saturated heterocycles. The number of aromatic nitrogens is 9. The standard InChI is InChI=1S/C54H102N14O3.C38H75N9O2/c1-22-31-69-66-49(5,6)34-41(35-50(66,7)8)63(21)46-55-40(4)56-47(60-46)64(42-36-51(9,10)67(70-32-23-2)52(11,12)37-42)29-27-25-26-28-30-65(48-58-44(61(17)18)57-45(59-48)62(19)20)43-38-53(13,14)68(71-33-24-3)54(15,16)39-43;1-16-24-48-46-35(3,4)26-30(27-36(46,5)6)44(15)22-20-18-19-21-23-45(34-40-32(42(11)12)39-33(41-34)43(13)14)31-28-37(7,8)47(49-25-17-2)38(9,10)29-31/h41-43H,22-39H2,1-21H3;30-31H,16-29H2,1-15H3. The molecular formula is C92H177N23O5. The molecule has 690 valence electrons. The Morgan fingerprint density at radius 2 is 0.442 bits per heavy atom. The Morgan fingerprint density at radius 3 is 0.675 bits per heavy atom. The Morgan fingerprint density at radius 1 is 0.250 bits per heavy atom. The van der Waals surface area contributed by atoms with E-state index >= 15 is 0 Å². The molecule has 0 radical (unpaired) electrons. The lowest BCUT2D eigenvalue weighted by Crippen LogP contribution is -2.64. The van der Waals surface area contributed by atoms with E-state index in [2.05, 4.69) is 237 Å². The molecule has 120 heavy (non-hydrogen) atoms. The third kappa shape index (κ3) is 26.6. The minimum absolute atomic E-state index is 0.00857. The fraction of sp³-hybridized carbons (Fsp3) is 0.902. The van der Waals surface area contributed by atoms with Crippen LogP contribution in [0.5, 0.6) is 0 Å². The van der Waals surface area contributed by atoms with E-state index in [1.54, 1.807) is 0 Å². The van der Waals surface area contributed by atoms with Gasteiger partial charge in [-0.3, -0.25) is 24.2 Å². The molecule has 0 unspecified atom stereocenters. The molecule has 0 atom stereocenters. The van der Waals surface area contributed by atoms with Crippen LogP contribution in [0.1, 0.15) is 327 Å². The third-order valence-electron chi connectivity index (χ3n) is 25.3. The maximum atomic E-state index is 6.52. The highest BCUT2D eigenvalue weighted by Crippen LogP contribution is 2.48. The van der Waals surface area contributed by atoms with Crippen molar-refractivity contribution in [3.05, 3.63) is 5.82 Å². The summed E-state index contributed by atoms with van der Waals surface area (Å²) in [7, 11) is 20.5. The zero-order valence-corrected chi connectivity index (χ0v) is 83.3. The zero-order valence-electron chi connectivity index (χ0n) is 83.3. The van der Waals surface area contributed by atoms with Crippen molar-refractivity contribution >= 4 is 47.6 Å². The second-order valence-corrected chi connectivity index (χ2v) is 43.1. The van der Waals surface area contributed by atoms with Gasteiger partial charge in [-0.15, -0.1) is 0 Å². The van der Waals surface area contributed by atoms with Gasteiger partial charge in [-0.05, 0) is 281 Å². The van der Waals surface area contributed by atoms with E-state index in [0.29, 0.717) is 43.0 Å². The molecule has 0 bridgehead atoms. The summed E-state index contributed by atoms with van der Waals surface area (Å²) >= 11 is 0. The molecule has 0 spiro atoms. The van der Waals surface area contributed by atoms with E-state index < -0.39 is 0 Å². The molecule has 8 rings (SSSR count). The molecular weight excluding hydrogens is 1510 g/mol. The summed E-state index contributed by atoms with van der Waals surface area (Å²) in [6.45, 7) is 66.8. The highest BCUT2D eigenvalue weighted by atomic mass is 16.7. The summed E-state index contributed by atoms with van der Waals surface area (Å²) in [6, 6.07) is 1.47. The van der Waals surface area contributed by atoms with Gasteiger partial charge >= 0.3 is 0 Å². The van der Waals surface area contributed by atoms with E-state index in [-0.39, 0.29) is 79.6 Å². The van der Waals surface area contributed by atoms with Crippen molar-refractivity contribution in [2.24, 2.45) is 0 Å². The van der Waals surface area contributed by atoms with Crippen molar-refractivity contribution in [3.63, 3.8) is 0 Å². The van der Waals surface area contributed by atoms with Crippen LogP contribution in [0.4, 0.5) is 47.6 Å². The van der Waals surface area contributed by atoms with Crippen LogP contribution in [0.3, 0.4) is 0 Å². The van der Waals surface area contributed by atoms with Crippen LogP contribution >= 0.6 is 0 Å². The molecule has 28 nitrogen and oxygen atoms in total. The molecule has 5 aliphatic rings. The second kappa shape index (κ2) is 42.5. The summed E-state index contributed by atoms with van der Waals surface area (Å²) in [6.07, 6.45) is 23.6. The molecule has 28 heteroatoms. The number of unbranched alkanes of at least 4 members (excludes halogenated alkanes) is 6. The summed E-state index contributed by atoms with van der Waals surface area (Å²) in [5.74, 6) is 6.49. The highest BCUT2D eigenvalue weighted by molar-refractivity contribution is 5.48. The normalized spacial score (nSPS) is 21.5. The van der Waals surface area contributed by atoms with Crippen molar-refractivity contribution in [2.45, 2.75) is 413 Å². The summed E-state index contributed by atoms with van der Waals surface area (Å²) in [4.78, 5) is 97.9. The number of rotatable bonds is 42. The topological polar surface area (TPSA) is 208 Å². The van der Waals surface area contributed by atoms with E-state index in [9.17, 15) is 0 Å². The summed E-state index contributed by atoms with van der Waals surface area (Å²) in [5, 5.41) is 11.4. The van der Waals surface area contributed by atoms with Crippen LogP contribution in [-0.2, 0) is 24.2 Å². The molecule has 0 N–H and O–H groups in total. The van der Waals surface area contributed by atoms with Crippen LogP contribution in [0, 0.1) is 6.92 Å². The monoisotopic (exact) mass is 1680 g/mol. The number of nitrogens with zero attached hydrogens (tertiary/aromatic N) is 23. The largest absolute Gasteiger partial charge is 0.347 e. The van der Waals surface area contributed by atoms with Crippen LogP contribution in [-0.4, -0.2) is 290 Å². The third-order valence-corrected chi connectivity index (χ3v) is 25.3. The smallest absolute Gasteiger partial charge is 0.232 e. The molecule has 0 aromatic carbocycles. The van der Waals surface area contributed by atoms with Gasteiger partial charge in [0.2, 0.25) is 47.6 Å². The molecule has 3 aromatic heterocycles. The van der Waals surface area contributed by atoms with E-state index in [0.717, 1.165) is 204 Å². The lowest BCUT2D eigenvalue weighted by Gasteiger charge is -2.55. The number of anilines is 8. The lowest BCUT2D eigenvalue weighted by molar-refractivity contribution is -0.287. The Kier molecular flexibility index (Phi) is 36.2. The first-order valence-corrected chi connectivity index (χ1v) is 46.6. The predicted octanol–water partition coefficient (Wildman–Crippen LogP) is 16.9. The Balaban J connectivity index is 0.000000354. The average Bonchev–Trinajstić information content (AvgIpc) is 0.759. The minimum Gasteiger partial charge on any atom is -0.347 e. The number of piperidine rings is 5. The van der Waals surface area contributed by atoms with Crippen molar-refractivity contribution in [1.29, 1.82) is 0 Å². The van der Waals surface area contributed by atoms with Crippen LogP contribution in [0.25, 0.3) is 0 Å². The van der Waals surface area contributed by atoms with Gasteiger partial charge in [-0.25, -0.2) is 0 Å². The molecule has 0 saturated carbocycles. The number of hydrogen-bond acceptors (Lipinski definition) is 28. The molecule has 3 aromatic rings. The second-order valence-electron chi connectivity index (χ2n) is 43.1. The fourth-order valence-corrected chi connectivity index (χ4v) is 21.0. The van der Waals surface area contributed by atoms with Crippen molar-refractivity contribution in [2.75, 3.05) is 169 Å². The van der Waals surface area contributed by atoms with Gasteiger partial charge in [0.1, 0.15) is 5.82 Å². The van der Waals surface area contributed by atoms with Crippen LogP contribution in [0.2, 0.25) is 0 Å². The number of aryl methyl sites for hydroxylation is 1. The predicted molar refractivity (Wildman–Crippen MR) is 498 cm³/mol. The highest BCUT2D eigenvalue weighted by Gasteiger charge is 2.54. The van der Waals surface area contributed by atoms with Crippen molar-refractivity contribution in [1.82, 2.24) is 75.1 Å². The van der Waals surface area contributed by atoms with Crippen LogP contribution in [0.15, 0.2) is 0 Å². The molecule has 0 amide bonds. The Labute approximate surface area is 731 Å². The zero-order chi connectivity index (χ0) is 89.7. The lowest BCUT2D eigenvalue weighted by atomic mass is 9.78. The number of hydroxylamine groups is 10. The van der Waals surface area contributed by atoms with E-state index in [1.807, 2.05) is 82.9 Å². The molecule has 5 fully saturated rings. The summed E-state index contributed by atoms with van der Waals surface area (Å²) in [5.41, 5.74) is -1.37. The van der Waals surface area contributed by atoms with Gasteiger partial charge in [0.25, 0.3) is 0 Å². The quantitative estimate of drug-likeness (QED) is 0.0483. The van der Waals surface area contributed by atoms with E-state index in [4.69, 9.17) is 69.0 Å². The van der Waals surface area contributed by atoms with Gasteiger partial charge in [0.05, 0.1) is 33.0 Å². The molecule has 8 heterocycles. The van der Waals surface area contributed by atoms with Gasteiger partial charge in [0.15, 0.2) is 0 Å². The van der Waals surface area contributed by atoms with Crippen molar-refractivity contribution in [3.8, 4) is 0 Å². The van der Waals surface area contributed by atoms with Gasteiger partial charge < -0.3 is 44.1 Å². The fourth-order valence-electron chi connectivity index (χ4n) is 21.0. The maximum Gasteiger partial charge on any atom is 0.232 e. The molecule has 5 aliphatic heterocycles. The Bertz CT molecular complexity index is 3450. The SMILES string of the molecule is CCCON1C(C)(C)CC(N(C)CCCCCCN(c2nc(N(C)C)nc(N(C)C)n2)C2CC(C)(C)N(OCCC)C(C)(C)C2)CC1(C)C.CCCON1C(C)(C)CC(N(C)c2nc(C)nc(N(CCCCCCN(c3nc(N(C)C)nc(N(C)C)n3)C3CC(C)(C)N(OCCC)C(C)(C)C3)C3CC(C)(C)N(OCCC)C(C)(C)C3)n2)CC1(C)C. The first-order valence-electron chi connectivity index (χ1n) is 46.6. The maximum absolute atomic E-state index is 6.52. The minimum atomic E-state index is -0.203. The first kappa shape index (κ1) is 102. The van der Waals surface area contributed by atoms with Crippen molar-refractivity contribution < 1.29 is 24.2 Å². The molecule has 0 aliphatic carbocycles. The van der Waals surface area contributed by atoms with E-state index in [1.165, 1.54) is 19.3 Å². The number of hydrogen-bond donors (Lipinski definition) is 0. The average molecular weight is 1690 g/mol.